The number of carboxylic acids is 1. The number of morpholine rings is 1. The minimum Gasteiger partial charge on any atom is -0.479 e. The Morgan fingerprint density at radius 1 is 1.33 bits per heavy atom. The van der Waals surface area contributed by atoms with Crippen molar-refractivity contribution >= 4 is 11.9 Å². The third-order valence-electron chi connectivity index (χ3n) is 3.80. The van der Waals surface area contributed by atoms with E-state index in [0.29, 0.717) is 11.4 Å². The van der Waals surface area contributed by atoms with Crippen LogP contribution in [0.4, 0.5) is 4.39 Å². The molecule has 1 aromatic carbocycles. The first-order valence-corrected chi connectivity index (χ1v) is 7.29. The average Bonchev–Trinajstić information content (AvgIpc) is 2.96. The first kappa shape index (κ1) is 16.1. The van der Waals surface area contributed by atoms with Crippen LogP contribution >= 0.6 is 0 Å². The molecule has 2 heterocycles. The minimum absolute atomic E-state index is 0.0446. The number of amides is 1. The number of carbonyl (C=O) groups is 2. The Morgan fingerprint density at radius 2 is 2.04 bits per heavy atom. The van der Waals surface area contributed by atoms with Crippen molar-refractivity contribution in [1.82, 2.24) is 19.9 Å². The number of aromatic nitrogens is 3. The lowest BCUT2D eigenvalue weighted by Gasteiger charge is -2.30. The van der Waals surface area contributed by atoms with E-state index < -0.39 is 18.0 Å². The molecule has 0 spiro atoms. The van der Waals surface area contributed by atoms with E-state index in [1.165, 1.54) is 33.8 Å². The van der Waals surface area contributed by atoms with Gasteiger partial charge in [0.1, 0.15) is 5.82 Å². The fourth-order valence-corrected chi connectivity index (χ4v) is 2.49. The van der Waals surface area contributed by atoms with Gasteiger partial charge in [-0.15, -0.1) is 5.10 Å². The first-order chi connectivity index (χ1) is 11.5. The fourth-order valence-electron chi connectivity index (χ4n) is 2.49. The number of nitrogens with zero attached hydrogens (tertiary/aromatic N) is 4. The van der Waals surface area contributed by atoms with Crippen LogP contribution in [0, 0.1) is 12.7 Å². The Kier molecular flexibility index (Phi) is 4.26. The van der Waals surface area contributed by atoms with Crippen LogP contribution in [0.15, 0.2) is 24.3 Å². The second-order valence-electron chi connectivity index (χ2n) is 5.36. The van der Waals surface area contributed by atoms with Crippen LogP contribution in [-0.2, 0) is 9.53 Å². The van der Waals surface area contributed by atoms with Gasteiger partial charge in [0.25, 0.3) is 5.91 Å². The number of benzene rings is 1. The largest absolute Gasteiger partial charge is 0.479 e. The van der Waals surface area contributed by atoms with Gasteiger partial charge in [-0.05, 0) is 31.2 Å². The average molecular weight is 334 g/mol. The zero-order chi connectivity index (χ0) is 17.3. The Bertz CT molecular complexity index is 774. The smallest absolute Gasteiger partial charge is 0.334 e. The number of rotatable bonds is 3. The topological polar surface area (TPSA) is 97.6 Å². The van der Waals surface area contributed by atoms with Gasteiger partial charge in [0.15, 0.2) is 11.8 Å². The van der Waals surface area contributed by atoms with E-state index in [4.69, 9.17) is 9.84 Å². The van der Waals surface area contributed by atoms with Crippen molar-refractivity contribution in [2.45, 2.75) is 13.0 Å². The highest BCUT2D eigenvalue weighted by atomic mass is 19.1. The van der Waals surface area contributed by atoms with E-state index in [9.17, 15) is 14.0 Å². The molecule has 1 aliphatic heterocycles. The molecule has 1 saturated heterocycles. The Hall–Kier alpha value is -2.81. The summed E-state index contributed by atoms with van der Waals surface area (Å²) in [4.78, 5) is 25.0. The molecule has 8 nitrogen and oxygen atoms in total. The van der Waals surface area contributed by atoms with Crippen LogP contribution in [0.5, 0.6) is 0 Å². The second-order valence-corrected chi connectivity index (χ2v) is 5.36. The summed E-state index contributed by atoms with van der Waals surface area (Å²) in [7, 11) is 0. The molecule has 1 fully saturated rings. The van der Waals surface area contributed by atoms with Crippen molar-refractivity contribution in [3.05, 3.63) is 41.5 Å². The molecule has 1 atom stereocenters. The van der Waals surface area contributed by atoms with Crippen LogP contribution in [0.25, 0.3) is 5.69 Å². The zero-order valence-corrected chi connectivity index (χ0v) is 12.8. The van der Waals surface area contributed by atoms with Crippen molar-refractivity contribution in [2.24, 2.45) is 0 Å². The van der Waals surface area contributed by atoms with Gasteiger partial charge in [0.05, 0.1) is 24.5 Å². The van der Waals surface area contributed by atoms with Gasteiger partial charge in [0, 0.05) is 6.54 Å². The standard InChI is InChI=1S/C15H15FN4O4/c1-9-13(14(21)19-6-7-24-12(8-19)15(22)23)17-18-20(9)11-4-2-10(16)3-5-11/h2-5,12H,6-8H2,1H3,(H,22,23)/t12-/m0/s1. The predicted octanol–water partition coefficient (Wildman–Crippen LogP) is 0.640. The highest BCUT2D eigenvalue weighted by Gasteiger charge is 2.31. The number of halogens is 1. The number of carboxylic acid groups (broad SMARTS) is 1. The summed E-state index contributed by atoms with van der Waals surface area (Å²) in [6.45, 7) is 2.06. The number of hydrogen-bond acceptors (Lipinski definition) is 5. The highest BCUT2D eigenvalue weighted by Crippen LogP contribution is 2.16. The van der Waals surface area contributed by atoms with Crippen molar-refractivity contribution < 1.29 is 23.8 Å². The Morgan fingerprint density at radius 3 is 2.71 bits per heavy atom. The molecule has 0 unspecified atom stereocenters. The lowest BCUT2D eigenvalue weighted by atomic mass is 10.2. The van der Waals surface area contributed by atoms with Crippen molar-refractivity contribution in [1.29, 1.82) is 0 Å². The zero-order valence-electron chi connectivity index (χ0n) is 12.8. The monoisotopic (exact) mass is 334 g/mol. The van der Waals surface area contributed by atoms with Crippen LogP contribution in [0.2, 0.25) is 0 Å². The van der Waals surface area contributed by atoms with E-state index in [1.54, 1.807) is 6.92 Å². The van der Waals surface area contributed by atoms with E-state index in [-0.39, 0.29) is 31.2 Å². The quantitative estimate of drug-likeness (QED) is 0.885. The molecule has 24 heavy (non-hydrogen) atoms. The number of aliphatic carboxylic acids is 1. The minimum atomic E-state index is -1.11. The third kappa shape index (κ3) is 2.98. The highest BCUT2D eigenvalue weighted by molar-refractivity contribution is 5.93. The first-order valence-electron chi connectivity index (χ1n) is 7.29. The maximum Gasteiger partial charge on any atom is 0.334 e. The summed E-state index contributed by atoms with van der Waals surface area (Å²) in [6, 6.07) is 5.63. The van der Waals surface area contributed by atoms with Gasteiger partial charge in [0.2, 0.25) is 0 Å². The Balaban J connectivity index is 1.83. The van der Waals surface area contributed by atoms with Crippen LogP contribution in [0.1, 0.15) is 16.2 Å². The molecule has 9 heteroatoms. The van der Waals surface area contributed by atoms with Gasteiger partial charge in [-0.1, -0.05) is 5.21 Å². The number of carbonyl (C=O) groups excluding carboxylic acids is 1. The summed E-state index contributed by atoms with van der Waals surface area (Å²) in [5.74, 6) is -1.89. The summed E-state index contributed by atoms with van der Waals surface area (Å²) >= 11 is 0. The summed E-state index contributed by atoms with van der Waals surface area (Å²) < 4.78 is 19.5. The van der Waals surface area contributed by atoms with E-state index in [0.717, 1.165) is 0 Å². The van der Waals surface area contributed by atoms with Crippen molar-refractivity contribution in [2.75, 3.05) is 19.7 Å². The summed E-state index contributed by atoms with van der Waals surface area (Å²) in [5.41, 5.74) is 1.20. The molecular formula is C15H15FN4O4. The van der Waals surface area contributed by atoms with Gasteiger partial charge in [-0.3, -0.25) is 4.79 Å². The third-order valence-corrected chi connectivity index (χ3v) is 3.80. The summed E-state index contributed by atoms with van der Waals surface area (Å²) in [5, 5.41) is 16.8. The van der Waals surface area contributed by atoms with Crippen LogP contribution < -0.4 is 0 Å². The molecule has 1 amide bonds. The summed E-state index contributed by atoms with van der Waals surface area (Å²) in [6.07, 6.45) is -1.05. The number of hydrogen-bond donors (Lipinski definition) is 1. The van der Waals surface area contributed by atoms with Gasteiger partial charge >= 0.3 is 5.97 Å². The van der Waals surface area contributed by atoms with Crippen LogP contribution in [0.3, 0.4) is 0 Å². The lowest BCUT2D eigenvalue weighted by molar-refractivity contribution is -0.154. The molecule has 2 aromatic rings. The fraction of sp³-hybridized carbons (Fsp3) is 0.333. The molecule has 3 rings (SSSR count). The van der Waals surface area contributed by atoms with E-state index in [2.05, 4.69) is 10.3 Å². The SMILES string of the molecule is Cc1c(C(=O)N2CCO[C@H](C(=O)O)C2)nnn1-c1ccc(F)cc1. The molecular weight excluding hydrogens is 319 g/mol. The maximum atomic E-state index is 13.0. The number of ether oxygens (including phenoxy) is 1. The molecule has 1 aliphatic rings. The van der Waals surface area contributed by atoms with Gasteiger partial charge in [-0.25, -0.2) is 13.9 Å². The maximum absolute atomic E-state index is 13.0. The molecule has 1 N–H and O–H groups in total. The van der Waals surface area contributed by atoms with E-state index in [1.807, 2.05) is 0 Å². The predicted molar refractivity (Wildman–Crippen MR) is 79.3 cm³/mol. The van der Waals surface area contributed by atoms with Gasteiger partial charge < -0.3 is 14.7 Å². The molecule has 0 aliphatic carbocycles. The second kappa shape index (κ2) is 6.36. The van der Waals surface area contributed by atoms with Crippen molar-refractivity contribution in [3.63, 3.8) is 0 Å². The molecule has 0 saturated carbocycles. The normalized spacial score (nSPS) is 17.8. The molecule has 0 bridgehead atoms. The van der Waals surface area contributed by atoms with Crippen molar-refractivity contribution in [3.8, 4) is 5.69 Å². The molecule has 0 radical (unpaired) electrons. The molecule has 1 aromatic heterocycles. The van der Waals surface area contributed by atoms with E-state index >= 15 is 0 Å². The van der Waals surface area contributed by atoms with Gasteiger partial charge in [-0.2, -0.15) is 0 Å². The van der Waals surface area contributed by atoms with Crippen LogP contribution in [-0.4, -0.2) is 62.7 Å². The Labute approximate surface area is 136 Å². The lowest BCUT2D eigenvalue weighted by Crippen LogP contribution is -2.48. The molecule has 126 valence electrons.